The van der Waals surface area contributed by atoms with E-state index in [1.165, 1.54) is 6.07 Å². The van der Waals surface area contributed by atoms with Crippen LogP contribution in [0.1, 0.15) is 0 Å². The molecule has 0 amide bonds. The van der Waals surface area contributed by atoms with Crippen molar-refractivity contribution in [2.45, 2.75) is 0 Å². The van der Waals surface area contributed by atoms with E-state index >= 15 is 0 Å². The highest BCUT2D eigenvalue weighted by atomic mass is 127. The zero-order valence-corrected chi connectivity index (χ0v) is 12.1. The Labute approximate surface area is 122 Å². The van der Waals surface area contributed by atoms with Gasteiger partial charge in [-0.15, -0.1) is 0 Å². The van der Waals surface area contributed by atoms with Crippen LogP contribution in [0.15, 0.2) is 30.3 Å². The quantitative estimate of drug-likeness (QED) is 0.787. The van der Waals surface area contributed by atoms with Crippen LogP contribution in [0.3, 0.4) is 0 Å². The van der Waals surface area contributed by atoms with Crippen molar-refractivity contribution in [1.29, 1.82) is 0 Å². The van der Waals surface area contributed by atoms with Crippen LogP contribution in [0, 0.1) is 3.57 Å². The molecular formula is C11H7Cl2IN2O. The largest absolute Gasteiger partial charge is 0.437 e. The fourth-order valence-electron chi connectivity index (χ4n) is 1.18. The van der Waals surface area contributed by atoms with Gasteiger partial charge in [0.05, 0.1) is 5.02 Å². The van der Waals surface area contributed by atoms with Gasteiger partial charge in [0, 0.05) is 3.57 Å². The number of nitrogen functional groups attached to an aromatic ring is 1. The molecule has 6 heteroatoms. The number of nitrogens with zero attached hydrogens (tertiary/aromatic N) is 1. The van der Waals surface area contributed by atoms with Gasteiger partial charge in [-0.3, -0.25) is 0 Å². The van der Waals surface area contributed by atoms with Crippen LogP contribution in [0.2, 0.25) is 10.0 Å². The second kappa shape index (κ2) is 5.29. The molecule has 1 heterocycles. The SMILES string of the molecule is Nc1nc(Oc2cccc(I)c2)c(Cl)cc1Cl. The van der Waals surface area contributed by atoms with Crippen LogP contribution in [0.25, 0.3) is 0 Å². The number of pyridine rings is 1. The van der Waals surface area contributed by atoms with E-state index in [-0.39, 0.29) is 11.7 Å². The number of ether oxygens (including phenoxy) is 1. The molecule has 1 aromatic carbocycles. The lowest BCUT2D eigenvalue weighted by Crippen LogP contribution is -1.95. The summed E-state index contributed by atoms with van der Waals surface area (Å²) in [6.07, 6.45) is 0. The first-order chi connectivity index (χ1) is 8.06. The monoisotopic (exact) mass is 380 g/mol. The van der Waals surface area contributed by atoms with Crippen LogP contribution in [-0.2, 0) is 0 Å². The van der Waals surface area contributed by atoms with Crippen molar-refractivity contribution >= 4 is 51.6 Å². The van der Waals surface area contributed by atoms with Gasteiger partial charge in [-0.1, -0.05) is 29.3 Å². The van der Waals surface area contributed by atoms with Gasteiger partial charge in [-0.2, -0.15) is 4.98 Å². The Morgan fingerprint density at radius 2 is 1.94 bits per heavy atom. The Kier molecular flexibility index (Phi) is 3.96. The average molecular weight is 381 g/mol. The van der Waals surface area contributed by atoms with E-state index in [1.807, 2.05) is 24.3 Å². The topological polar surface area (TPSA) is 48.1 Å². The van der Waals surface area contributed by atoms with Crippen molar-refractivity contribution in [2.24, 2.45) is 0 Å². The highest BCUT2D eigenvalue weighted by molar-refractivity contribution is 14.1. The molecule has 0 fully saturated rings. The Balaban J connectivity index is 2.33. The first-order valence-corrected chi connectivity index (χ1v) is 6.44. The standard InChI is InChI=1S/C11H7Cl2IN2O/c12-8-5-9(13)11(16-10(8)15)17-7-3-1-2-6(14)4-7/h1-5H,(H2,15,16). The molecule has 0 radical (unpaired) electrons. The van der Waals surface area contributed by atoms with Gasteiger partial charge in [0.15, 0.2) is 0 Å². The van der Waals surface area contributed by atoms with E-state index in [9.17, 15) is 0 Å². The summed E-state index contributed by atoms with van der Waals surface area (Å²) in [6, 6.07) is 9.02. The molecule has 0 unspecified atom stereocenters. The average Bonchev–Trinajstić information content (AvgIpc) is 2.26. The van der Waals surface area contributed by atoms with Crippen molar-refractivity contribution in [3.63, 3.8) is 0 Å². The number of anilines is 1. The van der Waals surface area contributed by atoms with Crippen LogP contribution >= 0.6 is 45.8 Å². The summed E-state index contributed by atoms with van der Waals surface area (Å²) in [4.78, 5) is 3.99. The molecule has 17 heavy (non-hydrogen) atoms. The molecule has 3 nitrogen and oxygen atoms in total. The summed E-state index contributed by atoms with van der Waals surface area (Å²) in [5, 5.41) is 0.632. The lowest BCUT2D eigenvalue weighted by molar-refractivity contribution is 0.464. The summed E-state index contributed by atoms with van der Waals surface area (Å²) in [6.45, 7) is 0. The fourth-order valence-corrected chi connectivity index (χ4v) is 2.09. The van der Waals surface area contributed by atoms with E-state index in [0.717, 1.165) is 3.57 Å². The molecule has 2 aromatic rings. The normalized spacial score (nSPS) is 10.3. The molecule has 88 valence electrons. The number of benzene rings is 1. The van der Waals surface area contributed by atoms with Gasteiger partial charge in [0.2, 0.25) is 5.88 Å². The maximum Gasteiger partial charge on any atom is 0.240 e. The Morgan fingerprint density at radius 3 is 2.65 bits per heavy atom. The van der Waals surface area contributed by atoms with Crippen molar-refractivity contribution in [3.05, 3.63) is 43.9 Å². The summed E-state index contributed by atoms with van der Waals surface area (Å²) in [7, 11) is 0. The van der Waals surface area contributed by atoms with Crippen molar-refractivity contribution in [2.75, 3.05) is 5.73 Å². The Bertz CT molecular complexity index is 563. The minimum atomic E-state index is 0.191. The second-order valence-electron chi connectivity index (χ2n) is 3.20. The van der Waals surface area contributed by atoms with Crippen LogP contribution in [-0.4, -0.2) is 4.98 Å². The molecule has 1 aromatic heterocycles. The molecule has 0 aliphatic heterocycles. The minimum absolute atomic E-state index is 0.191. The van der Waals surface area contributed by atoms with Gasteiger partial charge >= 0.3 is 0 Å². The number of nitrogens with two attached hydrogens (primary N) is 1. The van der Waals surface area contributed by atoms with E-state index in [0.29, 0.717) is 15.8 Å². The van der Waals surface area contributed by atoms with Crippen molar-refractivity contribution < 1.29 is 4.74 Å². The summed E-state index contributed by atoms with van der Waals surface area (Å²) < 4.78 is 6.59. The van der Waals surface area contributed by atoms with Gasteiger partial charge in [0.1, 0.15) is 16.6 Å². The van der Waals surface area contributed by atoms with E-state index in [2.05, 4.69) is 27.6 Å². The first-order valence-electron chi connectivity index (χ1n) is 4.61. The predicted molar refractivity (Wildman–Crippen MR) is 77.9 cm³/mol. The zero-order chi connectivity index (χ0) is 12.4. The lowest BCUT2D eigenvalue weighted by Gasteiger charge is -2.08. The fraction of sp³-hybridized carbons (Fsp3) is 0. The summed E-state index contributed by atoms with van der Waals surface area (Å²) >= 11 is 13.9. The zero-order valence-electron chi connectivity index (χ0n) is 8.45. The predicted octanol–water partition coefficient (Wildman–Crippen LogP) is 4.37. The van der Waals surface area contributed by atoms with Crippen molar-refractivity contribution in [1.82, 2.24) is 4.98 Å². The van der Waals surface area contributed by atoms with Crippen molar-refractivity contribution in [3.8, 4) is 11.6 Å². The minimum Gasteiger partial charge on any atom is -0.437 e. The third-order valence-electron chi connectivity index (χ3n) is 1.94. The highest BCUT2D eigenvalue weighted by Gasteiger charge is 2.09. The summed E-state index contributed by atoms with van der Waals surface area (Å²) in [5.74, 6) is 1.08. The maximum atomic E-state index is 5.96. The molecule has 0 atom stereocenters. The molecule has 0 bridgehead atoms. The van der Waals surface area contributed by atoms with Gasteiger partial charge in [0.25, 0.3) is 0 Å². The molecule has 2 N–H and O–H groups in total. The van der Waals surface area contributed by atoms with Gasteiger partial charge in [-0.25, -0.2) is 0 Å². The Hall–Kier alpha value is -0.720. The molecule has 0 aliphatic carbocycles. The van der Waals surface area contributed by atoms with E-state index < -0.39 is 0 Å². The van der Waals surface area contributed by atoms with Gasteiger partial charge in [-0.05, 0) is 46.9 Å². The van der Waals surface area contributed by atoms with Crippen LogP contribution in [0.4, 0.5) is 5.82 Å². The maximum absolute atomic E-state index is 5.96. The number of hydrogen-bond donors (Lipinski definition) is 1. The number of halogens is 3. The van der Waals surface area contributed by atoms with E-state index in [1.54, 1.807) is 0 Å². The first kappa shape index (κ1) is 12.7. The number of rotatable bonds is 2. The smallest absolute Gasteiger partial charge is 0.240 e. The molecule has 0 saturated carbocycles. The van der Waals surface area contributed by atoms with E-state index in [4.69, 9.17) is 33.7 Å². The molecule has 0 saturated heterocycles. The third kappa shape index (κ3) is 3.14. The Morgan fingerprint density at radius 1 is 1.18 bits per heavy atom. The number of aromatic nitrogens is 1. The third-order valence-corrected chi connectivity index (χ3v) is 3.18. The molecule has 0 aliphatic rings. The molecule has 0 spiro atoms. The molecular weight excluding hydrogens is 374 g/mol. The highest BCUT2D eigenvalue weighted by Crippen LogP contribution is 2.32. The van der Waals surface area contributed by atoms with Gasteiger partial charge < -0.3 is 10.5 Å². The number of hydrogen-bond acceptors (Lipinski definition) is 3. The molecule has 2 rings (SSSR count). The van der Waals surface area contributed by atoms with Crippen LogP contribution in [0.5, 0.6) is 11.6 Å². The summed E-state index contributed by atoms with van der Waals surface area (Å²) in [5.41, 5.74) is 5.59. The van der Waals surface area contributed by atoms with Crippen LogP contribution < -0.4 is 10.5 Å². The second-order valence-corrected chi connectivity index (χ2v) is 5.26. The lowest BCUT2D eigenvalue weighted by atomic mass is 10.3.